The molecule has 0 spiro atoms. The van der Waals surface area contributed by atoms with Crippen molar-refractivity contribution in [2.75, 3.05) is 33.0 Å². The van der Waals surface area contributed by atoms with Gasteiger partial charge >= 0.3 is 13.8 Å². The smallest absolute Gasteiger partial charge is 0.472 e. The van der Waals surface area contributed by atoms with E-state index < -0.39 is 32.5 Å². The van der Waals surface area contributed by atoms with Crippen LogP contribution in [0.25, 0.3) is 0 Å². The SMILES string of the molecule is CCCCCCCCCCCCOC[C@H](COP(=O)(O)OC[C@H](N)C(=O)O)OCCCCCCCCCCCC. The number of carboxylic acids is 1. The van der Waals surface area contributed by atoms with Crippen molar-refractivity contribution in [3.05, 3.63) is 0 Å². The number of hydrogen-bond donors (Lipinski definition) is 3. The van der Waals surface area contributed by atoms with Crippen molar-refractivity contribution >= 4 is 13.8 Å². The molecule has 1 unspecified atom stereocenters. The van der Waals surface area contributed by atoms with Crippen LogP contribution in [0.3, 0.4) is 0 Å². The lowest BCUT2D eigenvalue weighted by Crippen LogP contribution is -2.34. The van der Waals surface area contributed by atoms with E-state index in [1.165, 1.54) is 103 Å². The molecule has 4 N–H and O–H groups in total. The summed E-state index contributed by atoms with van der Waals surface area (Å²) in [6.45, 7) is 5.04. The largest absolute Gasteiger partial charge is 0.480 e. The summed E-state index contributed by atoms with van der Waals surface area (Å²) >= 11 is 0. The zero-order valence-electron chi connectivity index (χ0n) is 25.7. The van der Waals surface area contributed by atoms with Gasteiger partial charge in [0.05, 0.1) is 19.8 Å². The zero-order valence-corrected chi connectivity index (χ0v) is 26.6. The highest BCUT2D eigenvalue weighted by molar-refractivity contribution is 7.47. The summed E-state index contributed by atoms with van der Waals surface area (Å²) < 4.78 is 33.6. The van der Waals surface area contributed by atoms with Gasteiger partial charge in [0, 0.05) is 13.2 Å². The van der Waals surface area contributed by atoms with E-state index in [4.69, 9.17) is 29.4 Å². The normalized spacial score (nSPS) is 14.7. The Morgan fingerprint density at radius 2 is 1.05 bits per heavy atom. The summed E-state index contributed by atoms with van der Waals surface area (Å²) in [6, 6.07) is -1.41. The number of phosphoric ester groups is 1. The molecule has 0 saturated carbocycles. The van der Waals surface area contributed by atoms with Gasteiger partial charge in [-0.2, -0.15) is 0 Å². The van der Waals surface area contributed by atoms with Crippen molar-refractivity contribution in [2.45, 2.75) is 154 Å². The quantitative estimate of drug-likeness (QED) is 0.0526. The van der Waals surface area contributed by atoms with Crippen molar-refractivity contribution in [3.63, 3.8) is 0 Å². The first-order valence-corrected chi connectivity index (χ1v) is 17.6. The predicted molar refractivity (Wildman–Crippen MR) is 162 cm³/mol. The number of rotatable bonds is 32. The second-order valence-corrected chi connectivity index (χ2v) is 12.4. The first-order chi connectivity index (χ1) is 19.3. The summed E-state index contributed by atoms with van der Waals surface area (Å²) in [4.78, 5) is 20.7. The molecule has 0 aliphatic carbocycles. The maximum Gasteiger partial charge on any atom is 0.472 e. The third-order valence-electron chi connectivity index (χ3n) is 6.96. The van der Waals surface area contributed by atoms with Gasteiger partial charge in [0.15, 0.2) is 0 Å². The van der Waals surface area contributed by atoms with Crippen LogP contribution in [0.4, 0.5) is 0 Å². The van der Waals surface area contributed by atoms with E-state index in [9.17, 15) is 14.3 Å². The average Bonchev–Trinajstić information content (AvgIpc) is 2.93. The predicted octanol–water partition coefficient (Wildman–Crippen LogP) is 7.78. The molecular formula is C30H62NO8P. The summed E-state index contributed by atoms with van der Waals surface area (Å²) in [5, 5.41) is 8.82. The molecule has 0 heterocycles. The molecule has 3 atom stereocenters. The summed E-state index contributed by atoms with van der Waals surface area (Å²) in [6.07, 6.45) is 24.3. The molecule has 10 heteroatoms. The van der Waals surface area contributed by atoms with E-state index in [1.807, 2.05) is 0 Å². The molecule has 0 aromatic carbocycles. The van der Waals surface area contributed by atoms with Gasteiger partial charge in [0.1, 0.15) is 12.1 Å². The maximum atomic E-state index is 12.1. The van der Waals surface area contributed by atoms with Crippen LogP contribution in [-0.2, 0) is 27.9 Å². The fraction of sp³-hybridized carbons (Fsp3) is 0.967. The lowest BCUT2D eigenvalue weighted by Gasteiger charge is -2.20. The van der Waals surface area contributed by atoms with Gasteiger partial charge in [0.25, 0.3) is 0 Å². The summed E-state index contributed by atoms with van der Waals surface area (Å²) in [5.74, 6) is -1.32. The Bertz CT molecular complexity index is 610. The van der Waals surface area contributed by atoms with E-state index in [1.54, 1.807) is 0 Å². The molecule has 240 valence electrons. The van der Waals surface area contributed by atoms with Gasteiger partial charge in [-0.3, -0.25) is 13.8 Å². The van der Waals surface area contributed by atoms with E-state index in [-0.39, 0.29) is 13.2 Å². The topological polar surface area (TPSA) is 138 Å². The van der Waals surface area contributed by atoms with Gasteiger partial charge in [-0.05, 0) is 12.8 Å². The van der Waals surface area contributed by atoms with E-state index >= 15 is 0 Å². The number of carboxylic acid groups (broad SMARTS) is 1. The van der Waals surface area contributed by atoms with Crippen LogP contribution >= 0.6 is 7.82 Å². The fourth-order valence-electron chi connectivity index (χ4n) is 4.35. The van der Waals surface area contributed by atoms with Gasteiger partial charge in [-0.15, -0.1) is 0 Å². The summed E-state index contributed by atoms with van der Waals surface area (Å²) in [7, 11) is -4.46. The van der Waals surface area contributed by atoms with Crippen LogP contribution in [0, 0.1) is 0 Å². The van der Waals surface area contributed by atoms with Crippen LogP contribution in [0.15, 0.2) is 0 Å². The highest BCUT2D eigenvalue weighted by atomic mass is 31.2. The number of hydrogen-bond acceptors (Lipinski definition) is 7. The molecule has 0 rings (SSSR count). The molecule has 0 aliphatic heterocycles. The lowest BCUT2D eigenvalue weighted by atomic mass is 10.1. The minimum atomic E-state index is -4.46. The fourth-order valence-corrected chi connectivity index (χ4v) is 5.13. The molecule has 0 fully saturated rings. The highest BCUT2D eigenvalue weighted by Gasteiger charge is 2.26. The highest BCUT2D eigenvalue weighted by Crippen LogP contribution is 2.43. The Morgan fingerprint density at radius 3 is 1.50 bits per heavy atom. The second-order valence-electron chi connectivity index (χ2n) is 10.9. The molecule has 0 bridgehead atoms. The Kier molecular flexibility index (Phi) is 28.2. The van der Waals surface area contributed by atoms with Crippen molar-refractivity contribution in [3.8, 4) is 0 Å². The number of unbranched alkanes of at least 4 members (excludes halogenated alkanes) is 18. The van der Waals surface area contributed by atoms with Crippen molar-refractivity contribution < 1.29 is 37.9 Å². The number of ether oxygens (including phenoxy) is 2. The molecule has 0 radical (unpaired) electrons. The second kappa shape index (κ2) is 28.6. The van der Waals surface area contributed by atoms with E-state index in [2.05, 4.69) is 13.8 Å². The van der Waals surface area contributed by atoms with Crippen LogP contribution in [0.2, 0.25) is 0 Å². The molecule has 0 saturated heterocycles. The van der Waals surface area contributed by atoms with Gasteiger partial charge < -0.3 is 25.2 Å². The van der Waals surface area contributed by atoms with Crippen molar-refractivity contribution in [1.29, 1.82) is 0 Å². The van der Waals surface area contributed by atoms with Crippen molar-refractivity contribution in [1.82, 2.24) is 0 Å². The molecular weight excluding hydrogens is 533 g/mol. The summed E-state index contributed by atoms with van der Waals surface area (Å²) in [5.41, 5.74) is 5.33. The third kappa shape index (κ3) is 27.6. The van der Waals surface area contributed by atoms with Gasteiger partial charge in [0.2, 0.25) is 0 Å². The average molecular weight is 596 g/mol. The van der Waals surface area contributed by atoms with E-state index in [0.717, 1.165) is 25.7 Å². The molecule has 0 aromatic rings. The standard InChI is InChI=1S/C30H62NO8P/c1-3-5-7-9-11-13-15-17-19-21-23-36-25-28(26-38-40(34,35)39-27-29(31)30(32)33)37-24-22-20-18-16-14-12-10-8-6-4-2/h28-29H,3-27,31H2,1-2H3,(H,32,33)(H,34,35)/t28-,29+/m1/s1. The minimum Gasteiger partial charge on any atom is -0.480 e. The first kappa shape index (κ1) is 39.5. The Labute approximate surface area is 244 Å². The van der Waals surface area contributed by atoms with Gasteiger partial charge in [-0.25, -0.2) is 4.57 Å². The Hall–Kier alpha value is -0.540. The first-order valence-electron chi connectivity index (χ1n) is 16.1. The third-order valence-corrected chi connectivity index (χ3v) is 7.91. The number of phosphoric acid groups is 1. The van der Waals surface area contributed by atoms with Gasteiger partial charge in [-0.1, -0.05) is 129 Å². The number of carbonyl (C=O) groups is 1. The van der Waals surface area contributed by atoms with Crippen LogP contribution < -0.4 is 5.73 Å². The molecule has 9 nitrogen and oxygen atoms in total. The monoisotopic (exact) mass is 595 g/mol. The van der Waals surface area contributed by atoms with Crippen LogP contribution in [-0.4, -0.2) is 61.1 Å². The van der Waals surface area contributed by atoms with Crippen LogP contribution in [0.5, 0.6) is 0 Å². The van der Waals surface area contributed by atoms with E-state index in [0.29, 0.717) is 13.2 Å². The maximum absolute atomic E-state index is 12.1. The van der Waals surface area contributed by atoms with Crippen molar-refractivity contribution in [2.24, 2.45) is 5.73 Å². The molecule has 0 amide bonds. The Morgan fingerprint density at radius 1 is 0.650 bits per heavy atom. The number of nitrogens with two attached hydrogens (primary N) is 1. The zero-order chi connectivity index (χ0) is 29.7. The molecule has 40 heavy (non-hydrogen) atoms. The minimum absolute atomic E-state index is 0.189. The Balaban J connectivity index is 4.20. The molecule has 0 aliphatic rings. The lowest BCUT2D eigenvalue weighted by molar-refractivity contribution is -0.139. The van der Waals surface area contributed by atoms with Crippen LogP contribution in [0.1, 0.15) is 142 Å². The number of aliphatic carboxylic acids is 1. The molecule has 0 aromatic heterocycles.